The Morgan fingerprint density at radius 2 is 2.10 bits per heavy atom. The minimum atomic E-state index is -4.52. The second-order valence-corrected chi connectivity index (χ2v) is 4.46. The Hall–Kier alpha value is -2.51. The van der Waals surface area contributed by atoms with Gasteiger partial charge in [-0.15, -0.1) is 0 Å². The van der Waals surface area contributed by atoms with E-state index in [0.29, 0.717) is 16.9 Å². The first-order chi connectivity index (χ1) is 9.77. The van der Waals surface area contributed by atoms with E-state index in [-0.39, 0.29) is 6.54 Å². The lowest BCUT2D eigenvalue weighted by atomic mass is 10.1. The highest BCUT2D eigenvalue weighted by molar-refractivity contribution is 5.92. The van der Waals surface area contributed by atoms with Crippen LogP contribution in [0.1, 0.15) is 11.3 Å². The number of alkyl halides is 3. The highest BCUT2D eigenvalue weighted by atomic mass is 19.4. The van der Waals surface area contributed by atoms with Crippen LogP contribution in [-0.2, 0) is 17.5 Å². The lowest BCUT2D eigenvalue weighted by Gasteiger charge is -2.10. The predicted octanol–water partition coefficient (Wildman–Crippen LogP) is 2.43. The van der Waals surface area contributed by atoms with Crippen LogP contribution in [0.3, 0.4) is 0 Å². The monoisotopic (exact) mass is 298 g/mol. The summed E-state index contributed by atoms with van der Waals surface area (Å²) in [5.74, 6) is -0.486. The summed E-state index contributed by atoms with van der Waals surface area (Å²) in [6.07, 6.45) is -3.42. The minimum Gasteiger partial charge on any atom is -0.398 e. The number of aromatic nitrogens is 2. The fourth-order valence-electron chi connectivity index (χ4n) is 1.73. The van der Waals surface area contributed by atoms with E-state index in [1.54, 1.807) is 25.1 Å². The normalized spacial score (nSPS) is 11.4. The van der Waals surface area contributed by atoms with Crippen molar-refractivity contribution in [3.8, 4) is 0 Å². The van der Waals surface area contributed by atoms with Crippen molar-refractivity contribution in [1.29, 1.82) is 0 Å². The van der Waals surface area contributed by atoms with Crippen LogP contribution in [-0.4, -0.2) is 15.7 Å². The van der Waals surface area contributed by atoms with Crippen molar-refractivity contribution in [3.05, 3.63) is 41.7 Å². The van der Waals surface area contributed by atoms with Gasteiger partial charge in [0.15, 0.2) is 5.69 Å². The molecule has 0 radical (unpaired) electrons. The molecule has 0 aliphatic rings. The molecule has 0 unspecified atom stereocenters. The standard InChI is InChI=1S/C13H13F3N4O/c1-8-9(17)3-2-4-10(8)18-12(21)7-20-6-5-11(19-20)13(14,15)16/h2-6H,7,17H2,1H3,(H,18,21). The molecule has 2 rings (SSSR count). The SMILES string of the molecule is Cc1c(N)cccc1NC(=O)Cn1ccc(C(F)(F)F)n1. The number of nitrogen functional groups attached to an aromatic ring is 1. The van der Waals surface area contributed by atoms with Crippen molar-refractivity contribution in [2.45, 2.75) is 19.6 Å². The zero-order valence-corrected chi connectivity index (χ0v) is 11.1. The molecule has 5 nitrogen and oxygen atoms in total. The first-order valence-corrected chi connectivity index (χ1v) is 6.03. The summed E-state index contributed by atoms with van der Waals surface area (Å²) in [5.41, 5.74) is 6.41. The summed E-state index contributed by atoms with van der Waals surface area (Å²) in [7, 11) is 0. The second kappa shape index (κ2) is 5.47. The summed E-state index contributed by atoms with van der Waals surface area (Å²) >= 11 is 0. The van der Waals surface area contributed by atoms with E-state index in [1.807, 2.05) is 0 Å². The molecular weight excluding hydrogens is 285 g/mol. The van der Waals surface area contributed by atoms with Gasteiger partial charge in [0.05, 0.1) is 0 Å². The predicted molar refractivity (Wildman–Crippen MR) is 71.5 cm³/mol. The third-order valence-electron chi connectivity index (χ3n) is 2.89. The number of rotatable bonds is 3. The fourth-order valence-corrected chi connectivity index (χ4v) is 1.73. The van der Waals surface area contributed by atoms with Gasteiger partial charge in [-0.1, -0.05) is 6.07 Å². The maximum atomic E-state index is 12.4. The number of nitrogens with two attached hydrogens (primary N) is 1. The molecule has 112 valence electrons. The van der Waals surface area contributed by atoms with Crippen molar-refractivity contribution in [2.24, 2.45) is 0 Å². The number of carbonyl (C=O) groups is 1. The van der Waals surface area contributed by atoms with Gasteiger partial charge in [0, 0.05) is 17.6 Å². The molecule has 0 aliphatic carbocycles. The molecule has 0 atom stereocenters. The molecule has 2 aromatic rings. The number of nitrogens with zero attached hydrogens (tertiary/aromatic N) is 2. The molecule has 8 heteroatoms. The molecule has 1 heterocycles. The zero-order valence-electron chi connectivity index (χ0n) is 11.1. The van der Waals surface area contributed by atoms with Gasteiger partial charge in [-0.05, 0) is 30.7 Å². The Bertz CT molecular complexity index is 664. The Labute approximate surface area is 118 Å². The van der Waals surface area contributed by atoms with E-state index in [2.05, 4.69) is 10.4 Å². The topological polar surface area (TPSA) is 72.9 Å². The van der Waals surface area contributed by atoms with E-state index in [9.17, 15) is 18.0 Å². The summed E-state index contributed by atoms with van der Waals surface area (Å²) in [5, 5.41) is 5.90. The molecule has 0 saturated heterocycles. The summed E-state index contributed by atoms with van der Waals surface area (Å²) in [6.45, 7) is 1.42. The molecule has 21 heavy (non-hydrogen) atoms. The molecule has 0 fully saturated rings. The molecule has 3 N–H and O–H groups in total. The Morgan fingerprint density at radius 1 is 1.38 bits per heavy atom. The highest BCUT2D eigenvalue weighted by Crippen LogP contribution is 2.27. The average molecular weight is 298 g/mol. The number of amides is 1. The van der Waals surface area contributed by atoms with E-state index in [0.717, 1.165) is 16.9 Å². The molecule has 1 aromatic heterocycles. The maximum Gasteiger partial charge on any atom is 0.435 e. The van der Waals surface area contributed by atoms with Gasteiger partial charge in [0.1, 0.15) is 6.54 Å². The van der Waals surface area contributed by atoms with Gasteiger partial charge in [0.25, 0.3) is 0 Å². The molecule has 1 aromatic carbocycles. The lowest BCUT2D eigenvalue weighted by molar-refractivity contribution is -0.141. The zero-order chi connectivity index (χ0) is 15.6. The smallest absolute Gasteiger partial charge is 0.398 e. The summed E-state index contributed by atoms with van der Waals surface area (Å²) < 4.78 is 38.1. The molecule has 0 spiro atoms. The number of carbonyl (C=O) groups excluding carboxylic acids is 1. The minimum absolute atomic E-state index is 0.315. The third-order valence-corrected chi connectivity index (χ3v) is 2.89. The molecule has 0 aliphatic heterocycles. The molecule has 1 amide bonds. The highest BCUT2D eigenvalue weighted by Gasteiger charge is 2.33. The first kappa shape index (κ1) is 14.9. The van der Waals surface area contributed by atoms with Crippen molar-refractivity contribution in [3.63, 3.8) is 0 Å². The van der Waals surface area contributed by atoms with Gasteiger partial charge in [-0.2, -0.15) is 18.3 Å². The number of benzene rings is 1. The van der Waals surface area contributed by atoms with E-state index in [4.69, 9.17) is 5.73 Å². The van der Waals surface area contributed by atoms with Crippen LogP contribution in [0.15, 0.2) is 30.5 Å². The van der Waals surface area contributed by atoms with E-state index < -0.39 is 17.8 Å². The lowest BCUT2D eigenvalue weighted by Crippen LogP contribution is -2.20. The fraction of sp³-hybridized carbons (Fsp3) is 0.231. The van der Waals surface area contributed by atoms with Crippen LogP contribution in [0, 0.1) is 6.92 Å². The van der Waals surface area contributed by atoms with Gasteiger partial charge in [-0.25, -0.2) is 0 Å². The van der Waals surface area contributed by atoms with Gasteiger partial charge in [-0.3, -0.25) is 9.48 Å². The van der Waals surface area contributed by atoms with Crippen LogP contribution in [0.5, 0.6) is 0 Å². The van der Waals surface area contributed by atoms with E-state index in [1.165, 1.54) is 0 Å². The number of nitrogens with one attached hydrogen (secondary N) is 1. The number of hydrogen-bond acceptors (Lipinski definition) is 3. The quantitative estimate of drug-likeness (QED) is 0.855. The second-order valence-electron chi connectivity index (χ2n) is 4.46. The third kappa shape index (κ3) is 3.53. The van der Waals surface area contributed by atoms with Crippen molar-refractivity contribution in [2.75, 3.05) is 11.1 Å². The van der Waals surface area contributed by atoms with Crippen LogP contribution in [0.4, 0.5) is 24.5 Å². The number of anilines is 2. The van der Waals surface area contributed by atoms with Crippen LogP contribution in [0.25, 0.3) is 0 Å². The van der Waals surface area contributed by atoms with E-state index >= 15 is 0 Å². The Kier molecular flexibility index (Phi) is 3.88. The van der Waals surface area contributed by atoms with Gasteiger partial charge >= 0.3 is 6.18 Å². The van der Waals surface area contributed by atoms with Gasteiger partial charge in [0.2, 0.25) is 5.91 Å². The Balaban J connectivity index is 2.05. The maximum absolute atomic E-state index is 12.4. The molecular formula is C13H13F3N4O. The van der Waals surface area contributed by atoms with Crippen molar-refractivity contribution in [1.82, 2.24) is 9.78 Å². The molecule has 0 saturated carbocycles. The van der Waals surface area contributed by atoms with Gasteiger partial charge < -0.3 is 11.1 Å². The summed E-state index contributed by atoms with van der Waals surface area (Å²) in [6, 6.07) is 5.84. The van der Waals surface area contributed by atoms with Crippen LogP contribution < -0.4 is 11.1 Å². The number of hydrogen-bond donors (Lipinski definition) is 2. The van der Waals surface area contributed by atoms with Crippen LogP contribution >= 0.6 is 0 Å². The van der Waals surface area contributed by atoms with Crippen molar-refractivity contribution >= 4 is 17.3 Å². The Morgan fingerprint density at radius 3 is 2.71 bits per heavy atom. The van der Waals surface area contributed by atoms with Crippen molar-refractivity contribution < 1.29 is 18.0 Å². The largest absolute Gasteiger partial charge is 0.435 e. The number of halogens is 3. The van der Waals surface area contributed by atoms with Crippen LogP contribution in [0.2, 0.25) is 0 Å². The molecule has 0 bridgehead atoms. The first-order valence-electron chi connectivity index (χ1n) is 6.03. The average Bonchev–Trinajstić information content (AvgIpc) is 2.83. The summed E-state index contributed by atoms with van der Waals surface area (Å²) in [4.78, 5) is 11.8.